The van der Waals surface area contributed by atoms with Gasteiger partial charge in [0.05, 0.1) is 11.1 Å². The Hall–Kier alpha value is -2.23. The zero-order chi connectivity index (χ0) is 13.5. The lowest BCUT2D eigenvalue weighted by atomic mass is 10.2. The maximum Gasteiger partial charge on any atom is 0.416 e. The third-order valence-electron chi connectivity index (χ3n) is 2.99. The van der Waals surface area contributed by atoms with E-state index in [2.05, 4.69) is 6.07 Å². The van der Waals surface area contributed by atoms with Gasteiger partial charge in [-0.05, 0) is 42.5 Å². The van der Waals surface area contributed by atoms with Gasteiger partial charge in [-0.15, -0.1) is 0 Å². The lowest BCUT2D eigenvalue weighted by Gasteiger charge is -2.09. The number of hydrogen-bond acceptors (Lipinski definition) is 0. The second-order valence-electron chi connectivity index (χ2n) is 4.20. The molecule has 0 N–H and O–H groups in total. The van der Waals surface area contributed by atoms with E-state index in [-0.39, 0.29) is 0 Å². The molecule has 3 rings (SSSR count). The van der Waals surface area contributed by atoms with Gasteiger partial charge in [0.2, 0.25) is 0 Å². The average Bonchev–Trinajstić information content (AvgIpc) is 2.82. The zero-order valence-corrected chi connectivity index (χ0v) is 9.78. The van der Waals surface area contributed by atoms with Crippen molar-refractivity contribution in [3.8, 4) is 5.69 Å². The Morgan fingerprint density at radius 2 is 1.68 bits per heavy atom. The number of nitrogens with zero attached hydrogens (tertiary/aromatic N) is 1. The summed E-state index contributed by atoms with van der Waals surface area (Å²) < 4.78 is 39.3. The quantitative estimate of drug-likeness (QED) is 0.609. The van der Waals surface area contributed by atoms with E-state index in [1.807, 2.05) is 29.0 Å². The van der Waals surface area contributed by atoms with Crippen molar-refractivity contribution in [1.82, 2.24) is 4.57 Å². The Morgan fingerprint density at radius 3 is 2.37 bits per heavy atom. The topological polar surface area (TPSA) is 4.93 Å². The Bertz CT molecular complexity index is 708. The summed E-state index contributed by atoms with van der Waals surface area (Å²) in [5.41, 5.74) is 0.976. The molecule has 19 heavy (non-hydrogen) atoms. The van der Waals surface area contributed by atoms with E-state index < -0.39 is 11.7 Å². The van der Waals surface area contributed by atoms with E-state index in [0.717, 1.165) is 23.0 Å². The third kappa shape index (κ3) is 2.10. The molecule has 1 radical (unpaired) electrons. The average molecular weight is 260 g/mol. The van der Waals surface area contributed by atoms with Crippen LogP contribution in [0.2, 0.25) is 0 Å². The summed E-state index contributed by atoms with van der Waals surface area (Å²) in [6, 6.07) is 15.6. The first-order chi connectivity index (χ1) is 9.05. The van der Waals surface area contributed by atoms with E-state index >= 15 is 0 Å². The molecule has 4 heteroatoms. The van der Waals surface area contributed by atoms with Gasteiger partial charge in [0.1, 0.15) is 0 Å². The number of hydrogen-bond donors (Lipinski definition) is 0. The molecule has 0 fully saturated rings. The largest absolute Gasteiger partial charge is 0.416 e. The van der Waals surface area contributed by atoms with Crippen LogP contribution in [0.5, 0.6) is 0 Å². The predicted molar refractivity (Wildman–Crippen MR) is 67.1 cm³/mol. The molecule has 3 aromatic rings. The molecule has 0 aliphatic carbocycles. The Labute approximate surface area is 107 Å². The van der Waals surface area contributed by atoms with E-state index in [0.29, 0.717) is 5.69 Å². The molecule has 2 aromatic carbocycles. The first-order valence-corrected chi connectivity index (χ1v) is 5.71. The van der Waals surface area contributed by atoms with Crippen molar-refractivity contribution >= 4 is 10.9 Å². The van der Waals surface area contributed by atoms with E-state index in [9.17, 15) is 13.2 Å². The van der Waals surface area contributed by atoms with Crippen LogP contribution in [0.1, 0.15) is 5.56 Å². The lowest BCUT2D eigenvalue weighted by molar-refractivity contribution is -0.137. The van der Waals surface area contributed by atoms with Crippen LogP contribution in [0.25, 0.3) is 16.6 Å². The minimum absolute atomic E-state index is 0.640. The standard InChI is InChI=1S/C15H9F3N/c16-15(17,18)12-5-7-13(8-6-12)19-10-9-11-3-1-2-4-14(11)19/h1-2,4-10H. The molecule has 0 bridgehead atoms. The fourth-order valence-corrected chi connectivity index (χ4v) is 2.05. The van der Waals surface area contributed by atoms with E-state index in [1.165, 1.54) is 12.1 Å². The number of alkyl halides is 3. The second kappa shape index (κ2) is 4.16. The van der Waals surface area contributed by atoms with Crippen LogP contribution in [0, 0.1) is 6.07 Å². The number of aromatic nitrogens is 1. The maximum atomic E-state index is 12.5. The summed E-state index contributed by atoms with van der Waals surface area (Å²) >= 11 is 0. The first kappa shape index (κ1) is 11.8. The van der Waals surface area contributed by atoms with Gasteiger partial charge in [-0.3, -0.25) is 0 Å². The molecular weight excluding hydrogens is 251 g/mol. The molecule has 0 spiro atoms. The van der Waals surface area contributed by atoms with Crippen molar-refractivity contribution in [3.05, 3.63) is 66.4 Å². The summed E-state index contributed by atoms with van der Waals surface area (Å²) in [5, 5.41) is 0.933. The highest BCUT2D eigenvalue weighted by atomic mass is 19.4. The van der Waals surface area contributed by atoms with Crippen molar-refractivity contribution in [1.29, 1.82) is 0 Å². The van der Waals surface area contributed by atoms with E-state index in [4.69, 9.17) is 0 Å². The smallest absolute Gasteiger partial charge is 0.317 e. The molecular formula is C15H9F3N. The first-order valence-electron chi connectivity index (χ1n) is 5.71. The Balaban J connectivity index is 2.07. The number of halogens is 3. The minimum atomic E-state index is -4.30. The Kier molecular flexibility index (Phi) is 2.59. The summed E-state index contributed by atoms with van der Waals surface area (Å²) in [6.45, 7) is 0. The number of rotatable bonds is 1. The van der Waals surface area contributed by atoms with Crippen molar-refractivity contribution in [2.45, 2.75) is 6.18 Å². The molecule has 0 unspecified atom stereocenters. The van der Waals surface area contributed by atoms with Gasteiger partial charge < -0.3 is 4.57 Å². The molecule has 0 amide bonds. The van der Waals surface area contributed by atoms with Crippen LogP contribution in [-0.2, 0) is 6.18 Å². The molecule has 1 nitrogen and oxygen atoms in total. The zero-order valence-electron chi connectivity index (χ0n) is 9.78. The van der Waals surface area contributed by atoms with Crippen LogP contribution < -0.4 is 0 Å². The number of fused-ring (bicyclic) bond motifs is 1. The summed E-state index contributed by atoms with van der Waals surface area (Å²) in [6.07, 6.45) is -2.48. The highest BCUT2D eigenvalue weighted by molar-refractivity contribution is 5.81. The molecule has 1 aromatic heterocycles. The SMILES string of the molecule is FC(F)(F)c1ccc(-n2ccc3[c]cccc32)cc1. The fraction of sp³-hybridized carbons (Fsp3) is 0.0667. The molecule has 95 valence electrons. The lowest BCUT2D eigenvalue weighted by Crippen LogP contribution is -2.04. The monoisotopic (exact) mass is 260 g/mol. The van der Waals surface area contributed by atoms with Crippen LogP contribution in [0.3, 0.4) is 0 Å². The van der Waals surface area contributed by atoms with Crippen molar-refractivity contribution < 1.29 is 13.2 Å². The van der Waals surface area contributed by atoms with Gasteiger partial charge in [-0.25, -0.2) is 0 Å². The van der Waals surface area contributed by atoms with Crippen molar-refractivity contribution in [3.63, 3.8) is 0 Å². The van der Waals surface area contributed by atoms with Gasteiger partial charge in [0, 0.05) is 17.3 Å². The summed E-state index contributed by atoms with van der Waals surface area (Å²) in [5.74, 6) is 0. The minimum Gasteiger partial charge on any atom is -0.317 e. The summed E-state index contributed by atoms with van der Waals surface area (Å²) in [4.78, 5) is 0. The van der Waals surface area contributed by atoms with Gasteiger partial charge in [0.25, 0.3) is 0 Å². The van der Waals surface area contributed by atoms with E-state index in [1.54, 1.807) is 6.07 Å². The van der Waals surface area contributed by atoms with Crippen molar-refractivity contribution in [2.75, 3.05) is 0 Å². The van der Waals surface area contributed by atoms with Crippen LogP contribution in [0.4, 0.5) is 13.2 Å². The highest BCUT2D eigenvalue weighted by Gasteiger charge is 2.29. The van der Waals surface area contributed by atoms with Gasteiger partial charge in [-0.1, -0.05) is 12.1 Å². The summed E-state index contributed by atoms with van der Waals surface area (Å²) in [7, 11) is 0. The van der Waals surface area contributed by atoms with Crippen LogP contribution >= 0.6 is 0 Å². The molecule has 0 saturated heterocycles. The predicted octanol–water partition coefficient (Wildman–Crippen LogP) is 4.45. The number of benzene rings is 2. The normalized spacial score (nSPS) is 11.9. The van der Waals surface area contributed by atoms with Gasteiger partial charge >= 0.3 is 6.18 Å². The highest BCUT2D eigenvalue weighted by Crippen LogP contribution is 2.30. The third-order valence-corrected chi connectivity index (χ3v) is 2.99. The second-order valence-corrected chi connectivity index (χ2v) is 4.20. The van der Waals surface area contributed by atoms with Crippen molar-refractivity contribution in [2.24, 2.45) is 0 Å². The van der Waals surface area contributed by atoms with Gasteiger partial charge in [-0.2, -0.15) is 13.2 Å². The van der Waals surface area contributed by atoms with Gasteiger partial charge in [0.15, 0.2) is 0 Å². The molecule has 0 aliphatic heterocycles. The fourth-order valence-electron chi connectivity index (χ4n) is 2.05. The molecule has 0 aliphatic rings. The Morgan fingerprint density at radius 1 is 0.947 bits per heavy atom. The van der Waals surface area contributed by atoms with Crippen LogP contribution in [0.15, 0.2) is 54.7 Å². The molecule has 1 heterocycles. The maximum absolute atomic E-state index is 12.5. The molecule has 0 atom stereocenters. The molecule has 0 saturated carbocycles. The van der Waals surface area contributed by atoms with Crippen LogP contribution in [-0.4, -0.2) is 4.57 Å².